The van der Waals surface area contributed by atoms with Gasteiger partial charge in [0, 0.05) is 0 Å². The Bertz CT molecular complexity index is 539. The first kappa shape index (κ1) is 15.3. The Balaban J connectivity index is 3.26. The fraction of sp³-hybridized carbons (Fsp3) is 0.429. The number of rotatable bonds is 3. The summed E-state index contributed by atoms with van der Waals surface area (Å²) in [5.41, 5.74) is 0.502. The lowest BCUT2D eigenvalue weighted by Gasteiger charge is -2.36. The van der Waals surface area contributed by atoms with E-state index in [0.29, 0.717) is 5.56 Å². The fourth-order valence-electron chi connectivity index (χ4n) is 1.28. The summed E-state index contributed by atoms with van der Waals surface area (Å²) >= 11 is 0. The van der Waals surface area contributed by atoms with E-state index in [1.54, 1.807) is 0 Å². The summed E-state index contributed by atoms with van der Waals surface area (Å²) in [5.74, 6) is -0.753. The number of nitriles is 1. The van der Waals surface area contributed by atoms with Crippen molar-refractivity contribution < 1.29 is 14.3 Å². The van der Waals surface area contributed by atoms with Crippen LogP contribution in [0.25, 0.3) is 0 Å². The predicted octanol–water partition coefficient (Wildman–Crippen LogP) is 3.64. The number of hydrogen-bond acceptors (Lipinski definition) is 3. The highest BCUT2D eigenvalue weighted by Crippen LogP contribution is 2.38. The lowest BCUT2D eigenvalue weighted by Crippen LogP contribution is -2.44. The zero-order chi connectivity index (χ0) is 14.8. The van der Waals surface area contributed by atoms with Crippen molar-refractivity contribution >= 4 is 14.3 Å². The monoisotopic (exact) mass is 277 g/mol. The summed E-state index contributed by atoms with van der Waals surface area (Å²) in [4.78, 5) is 11.2. The third-order valence-electron chi connectivity index (χ3n) is 3.51. The van der Waals surface area contributed by atoms with Gasteiger partial charge in [0.05, 0.1) is 11.6 Å². The van der Waals surface area contributed by atoms with E-state index in [9.17, 15) is 9.90 Å². The van der Waals surface area contributed by atoms with Crippen LogP contribution >= 0.6 is 0 Å². The van der Waals surface area contributed by atoms with Gasteiger partial charge < -0.3 is 9.53 Å². The van der Waals surface area contributed by atoms with E-state index in [-0.39, 0.29) is 16.4 Å². The number of nitrogens with zero attached hydrogens (tertiary/aromatic N) is 1. The molecule has 19 heavy (non-hydrogen) atoms. The Hall–Kier alpha value is -1.80. The van der Waals surface area contributed by atoms with E-state index in [1.165, 1.54) is 18.2 Å². The topological polar surface area (TPSA) is 70.3 Å². The number of carboxylic acids is 1. The first-order chi connectivity index (χ1) is 8.58. The van der Waals surface area contributed by atoms with Crippen molar-refractivity contribution in [2.24, 2.45) is 0 Å². The molecule has 0 aliphatic carbocycles. The zero-order valence-corrected chi connectivity index (χ0v) is 12.9. The molecule has 5 heteroatoms. The fourth-order valence-corrected chi connectivity index (χ4v) is 2.31. The van der Waals surface area contributed by atoms with Crippen LogP contribution in [0.2, 0.25) is 18.1 Å². The summed E-state index contributed by atoms with van der Waals surface area (Å²) < 4.78 is 6.01. The molecule has 0 aliphatic rings. The largest absolute Gasteiger partial charge is 0.543 e. The Kier molecular flexibility index (Phi) is 4.06. The van der Waals surface area contributed by atoms with Gasteiger partial charge >= 0.3 is 5.97 Å². The van der Waals surface area contributed by atoms with E-state index in [2.05, 4.69) is 20.8 Å². The van der Waals surface area contributed by atoms with E-state index in [4.69, 9.17) is 9.69 Å². The third-order valence-corrected chi connectivity index (χ3v) is 7.86. The second-order valence-electron chi connectivity index (χ2n) is 5.99. The number of carboxylic acid groups (broad SMARTS) is 1. The molecular weight excluding hydrogens is 258 g/mol. The van der Waals surface area contributed by atoms with Gasteiger partial charge in [0.1, 0.15) is 11.3 Å². The van der Waals surface area contributed by atoms with Gasteiger partial charge in [-0.05, 0) is 36.3 Å². The molecule has 1 aromatic rings. The second kappa shape index (κ2) is 5.06. The maximum absolute atomic E-state index is 11.2. The molecule has 1 rings (SSSR count). The third kappa shape index (κ3) is 3.35. The lowest BCUT2D eigenvalue weighted by molar-refractivity contribution is 0.0694. The van der Waals surface area contributed by atoms with Crippen LogP contribution in [0.1, 0.15) is 36.7 Å². The zero-order valence-electron chi connectivity index (χ0n) is 11.9. The first-order valence-electron chi connectivity index (χ1n) is 6.05. The second-order valence-corrected chi connectivity index (χ2v) is 10.7. The van der Waals surface area contributed by atoms with Crippen molar-refractivity contribution in [3.63, 3.8) is 0 Å². The minimum absolute atomic E-state index is 0.0363. The molecule has 4 nitrogen and oxygen atoms in total. The molecule has 0 radical (unpaired) electrons. The van der Waals surface area contributed by atoms with Crippen LogP contribution in [0.5, 0.6) is 5.75 Å². The molecule has 0 amide bonds. The number of benzene rings is 1. The quantitative estimate of drug-likeness (QED) is 0.856. The highest BCUT2D eigenvalue weighted by Gasteiger charge is 2.39. The van der Waals surface area contributed by atoms with Crippen LogP contribution in [0.15, 0.2) is 18.2 Å². The smallest absolute Gasteiger partial charge is 0.339 e. The average molecular weight is 277 g/mol. The van der Waals surface area contributed by atoms with Crippen LogP contribution in [0.4, 0.5) is 0 Å². The summed E-state index contributed by atoms with van der Waals surface area (Å²) in [5, 5.41) is 18.1. The molecule has 0 unspecified atom stereocenters. The van der Waals surface area contributed by atoms with Crippen LogP contribution < -0.4 is 4.43 Å². The minimum Gasteiger partial charge on any atom is -0.543 e. The average Bonchev–Trinajstić information content (AvgIpc) is 2.26. The molecule has 0 aromatic heterocycles. The van der Waals surface area contributed by atoms with Crippen LogP contribution in [0, 0.1) is 11.3 Å². The summed E-state index contributed by atoms with van der Waals surface area (Å²) in [6, 6.07) is 6.41. The van der Waals surface area contributed by atoms with E-state index in [1.807, 2.05) is 19.2 Å². The van der Waals surface area contributed by atoms with Crippen molar-refractivity contribution in [2.45, 2.75) is 38.9 Å². The van der Waals surface area contributed by atoms with Crippen LogP contribution in [-0.2, 0) is 0 Å². The van der Waals surface area contributed by atoms with Crippen molar-refractivity contribution in [3.05, 3.63) is 29.3 Å². The molecule has 0 fully saturated rings. The molecule has 0 bridgehead atoms. The highest BCUT2D eigenvalue weighted by atomic mass is 28.4. The normalized spacial score (nSPS) is 11.8. The van der Waals surface area contributed by atoms with Gasteiger partial charge in [0.15, 0.2) is 0 Å². The maximum Gasteiger partial charge on any atom is 0.339 e. The molecule has 0 atom stereocenters. The van der Waals surface area contributed by atoms with E-state index in [0.717, 1.165) is 0 Å². The standard InChI is InChI=1S/C14H19NO3Si/c1-14(2,3)19(4,5)18-12-8-10(9-15)6-7-11(12)13(16)17/h6-8H,1-5H3,(H,16,17). The predicted molar refractivity (Wildman–Crippen MR) is 75.9 cm³/mol. The van der Waals surface area contributed by atoms with Gasteiger partial charge in [0.25, 0.3) is 8.32 Å². The number of aromatic carboxylic acids is 1. The molecule has 0 aliphatic heterocycles. The Labute approximate surface area is 114 Å². The molecule has 0 spiro atoms. The van der Waals surface area contributed by atoms with Crippen LogP contribution in [-0.4, -0.2) is 19.4 Å². The van der Waals surface area contributed by atoms with Gasteiger partial charge in [-0.3, -0.25) is 0 Å². The highest BCUT2D eigenvalue weighted by molar-refractivity contribution is 6.74. The molecule has 0 saturated carbocycles. The van der Waals surface area contributed by atoms with Crippen molar-refractivity contribution in [1.29, 1.82) is 5.26 Å². The molecule has 1 aromatic carbocycles. The lowest BCUT2D eigenvalue weighted by atomic mass is 10.1. The Morgan fingerprint density at radius 2 is 1.95 bits per heavy atom. The van der Waals surface area contributed by atoms with Gasteiger partial charge in [-0.1, -0.05) is 20.8 Å². The summed E-state index contributed by atoms with van der Waals surface area (Å²) in [7, 11) is -2.13. The summed E-state index contributed by atoms with van der Waals surface area (Å²) in [6.45, 7) is 10.3. The van der Waals surface area contributed by atoms with Crippen molar-refractivity contribution in [2.75, 3.05) is 0 Å². The van der Waals surface area contributed by atoms with E-state index >= 15 is 0 Å². The van der Waals surface area contributed by atoms with Gasteiger partial charge in [-0.15, -0.1) is 0 Å². The first-order valence-corrected chi connectivity index (χ1v) is 8.96. The van der Waals surface area contributed by atoms with Crippen molar-refractivity contribution in [1.82, 2.24) is 0 Å². The number of carbonyl (C=O) groups is 1. The van der Waals surface area contributed by atoms with Gasteiger partial charge in [-0.2, -0.15) is 5.26 Å². The van der Waals surface area contributed by atoms with Gasteiger partial charge in [-0.25, -0.2) is 4.79 Å². The molecule has 1 N–H and O–H groups in total. The summed E-state index contributed by atoms with van der Waals surface area (Å²) in [6.07, 6.45) is 0. The molecule has 0 heterocycles. The molecular formula is C14H19NO3Si. The Morgan fingerprint density at radius 3 is 2.37 bits per heavy atom. The molecule has 0 saturated heterocycles. The molecule has 102 valence electrons. The van der Waals surface area contributed by atoms with Gasteiger partial charge in [0.2, 0.25) is 0 Å². The van der Waals surface area contributed by atoms with Crippen LogP contribution in [0.3, 0.4) is 0 Å². The SMILES string of the molecule is CC(C)(C)[Si](C)(C)Oc1cc(C#N)ccc1C(=O)O. The van der Waals surface area contributed by atoms with E-state index < -0.39 is 14.3 Å². The number of hydrogen-bond donors (Lipinski definition) is 1. The van der Waals surface area contributed by atoms with Crippen molar-refractivity contribution in [3.8, 4) is 11.8 Å². The minimum atomic E-state index is -2.13. The maximum atomic E-state index is 11.2. The Morgan fingerprint density at radius 1 is 1.37 bits per heavy atom.